The van der Waals surface area contributed by atoms with Gasteiger partial charge in [0.2, 0.25) is 0 Å². The Morgan fingerprint density at radius 3 is 2.73 bits per heavy atom. The lowest BCUT2D eigenvalue weighted by molar-refractivity contribution is 1.13. The molecule has 0 fully saturated rings. The van der Waals surface area contributed by atoms with Crippen molar-refractivity contribution in [3.63, 3.8) is 0 Å². The summed E-state index contributed by atoms with van der Waals surface area (Å²) in [5.41, 5.74) is 2.57. The number of rotatable bonds is 2. The zero-order valence-electron chi connectivity index (χ0n) is 6.82. The quantitative estimate of drug-likeness (QED) is 0.797. The van der Waals surface area contributed by atoms with E-state index in [0.29, 0.717) is 0 Å². The van der Waals surface area contributed by atoms with E-state index < -0.39 is 0 Å². The van der Waals surface area contributed by atoms with Gasteiger partial charge in [-0.15, -0.1) is 0 Å². The third-order valence-corrected chi connectivity index (χ3v) is 2.21. The maximum absolute atomic E-state index is 3.44. The topological polar surface area (TPSA) is 12.0 Å². The fourth-order valence-corrected chi connectivity index (χ4v) is 1.51. The molecule has 1 aromatic rings. The van der Waals surface area contributed by atoms with Crippen LogP contribution in [0.2, 0.25) is 0 Å². The Hall–Kier alpha value is -0.500. The van der Waals surface area contributed by atoms with Crippen molar-refractivity contribution < 1.29 is 0 Å². The van der Waals surface area contributed by atoms with Crippen molar-refractivity contribution in [3.8, 4) is 0 Å². The second kappa shape index (κ2) is 3.77. The molecule has 0 heterocycles. The van der Waals surface area contributed by atoms with Gasteiger partial charge >= 0.3 is 0 Å². The smallest absolute Gasteiger partial charge is 0.0370 e. The number of hydrogen-bond acceptors (Lipinski definition) is 1. The van der Waals surface area contributed by atoms with Crippen LogP contribution in [0.3, 0.4) is 0 Å². The van der Waals surface area contributed by atoms with E-state index in [0.717, 1.165) is 10.9 Å². The molecule has 0 amide bonds. The van der Waals surface area contributed by atoms with Crippen molar-refractivity contribution in [2.24, 2.45) is 0 Å². The summed E-state index contributed by atoms with van der Waals surface area (Å²) in [6.45, 7) is 2.16. The molecule has 0 aromatic heterocycles. The van der Waals surface area contributed by atoms with Gasteiger partial charge in [-0.25, -0.2) is 0 Å². The molecule has 0 aliphatic carbocycles. The highest BCUT2D eigenvalue weighted by atomic mass is 79.9. The first kappa shape index (κ1) is 8.60. The first-order valence-electron chi connectivity index (χ1n) is 3.74. The molecule has 0 bridgehead atoms. The maximum atomic E-state index is 3.44. The molecule has 0 aliphatic rings. The van der Waals surface area contributed by atoms with Gasteiger partial charge in [0.15, 0.2) is 0 Å². The molecule has 11 heavy (non-hydrogen) atoms. The van der Waals surface area contributed by atoms with Crippen molar-refractivity contribution in [2.75, 3.05) is 12.4 Å². The van der Waals surface area contributed by atoms with E-state index in [1.165, 1.54) is 11.3 Å². The molecule has 60 valence electrons. The minimum atomic E-state index is 1.07. The largest absolute Gasteiger partial charge is 0.388 e. The molecule has 0 unspecified atom stereocenters. The molecular weight excluding hydrogens is 202 g/mol. The zero-order valence-corrected chi connectivity index (χ0v) is 8.40. The van der Waals surface area contributed by atoms with Crippen LogP contribution < -0.4 is 5.32 Å². The predicted molar refractivity (Wildman–Crippen MR) is 53.1 cm³/mol. The number of anilines is 1. The summed E-state index contributed by atoms with van der Waals surface area (Å²) in [7, 11) is 1.95. The Balaban J connectivity index is 3.06. The average Bonchev–Trinajstić information content (AvgIpc) is 2.04. The van der Waals surface area contributed by atoms with Crippen LogP contribution in [0.4, 0.5) is 5.69 Å². The van der Waals surface area contributed by atoms with Crippen LogP contribution in [0, 0.1) is 0 Å². The monoisotopic (exact) mass is 213 g/mol. The van der Waals surface area contributed by atoms with Crippen LogP contribution in [0.25, 0.3) is 0 Å². The molecule has 1 N–H and O–H groups in total. The highest BCUT2D eigenvalue weighted by Crippen LogP contribution is 2.20. The van der Waals surface area contributed by atoms with Gasteiger partial charge in [-0.05, 0) is 30.2 Å². The van der Waals surface area contributed by atoms with Gasteiger partial charge in [-0.1, -0.05) is 22.9 Å². The second-order valence-electron chi connectivity index (χ2n) is 2.41. The van der Waals surface area contributed by atoms with E-state index in [1.807, 2.05) is 13.1 Å². The van der Waals surface area contributed by atoms with E-state index in [4.69, 9.17) is 0 Å². The summed E-state index contributed by atoms with van der Waals surface area (Å²) < 4.78 is 1.15. The lowest BCUT2D eigenvalue weighted by Gasteiger charge is -2.06. The normalized spacial score (nSPS) is 9.73. The van der Waals surface area contributed by atoms with E-state index in [1.54, 1.807) is 0 Å². The van der Waals surface area contributed by atoms with Crippen molar-refractivity contribution in [1.29, 1.82) is 0 Å². The molecule has 2 heteroatoms. The number of aryl methyl sites for hydroxylation is 1. The third kappa shape index (κ3) is 1.96. The molecule has 0 radical (unpaired) electrons. The van der Waals surface area contributed by atoms with Crippen molar-refractivity contribution in [3.05, 3.63) is 28.2 Å². The van der Waals surface area contributed by atoms with E-state index >= 15 is 0 Å². The van der Waals surface area contributed by atoms with Gasteiger partial charge < -0.3 is 5.32 Å². The van der Waals surface area contributed by atoms with Crippen molar-refractivity contribution in [1.82, 2.24) is 0 Å². The Morgan fingerprint density at radius 2 is 2.18 bits per heavy atom. The third-order valence-electron chi connectivity index (χ3n) is 1.72. The lowest BCUT2D eigenvalue weighted by Crippen LogP contribution is -1.93. The molecule has 0 atom stereocenters. The summed E-state index contributed by atoms with van der Waals surface area (Å²) in [6.07, 6.45) is 1.07. The predicted octanol–water partition coefficient (Wildman–Crippen LogP) is 3.05. The van der Waals surface area contributed by atoms with Crippen molar-refractivity contribution in [2.45, 2.75) is 13.3 Å². The molecule has 0 aliphatic heterocycles. The summed E-state index contributed by atoms with van der Waals surface area (Å²) in [6, 6.07) is 6.28. The molecule has 0 saturated carbocycles. The van der Waals surface area contributed by atoms with Gasteiger partial charge in [-0.3, -0.25) is 0 Å². The van der Waals surface area contributed by atoms with Crippen LogP contribution in [-0.4, -0.2) is 7.05 Å². The van der Waals surface area contributed by atoms with Gasteiger partial charge in [-0.2, -0.15) is 0 Å². The van der Waals surface area contributed by atoms with Gasteiger partial charge in [0.1, 0.15) is 0 Å². The van der Waals surface area contributed by atoms with Crippen LogP contribution in [0.1, 0.15) is 12.5 Å². The summed E-state index contributed by atoms with van der Waals surface area (Å²) in [4.78, 5) is 0. The number of hydrogen-bond donors (Lipinski definition) is 1. The highest BCUT2D eigenvalue weighted by molar-refractivity contribution is 9.10. The fourth-order valence-electron chi connectivity index (χ4n) is 1.10. The SMILES string of the molecule is CCc1cc(Br)ccc1NC. The molecule has 1 nitrogen and oxygen atoms in total. The van der Waals surface area contributed by atoms with Gasteiger partial charge in [0.05, 0.1) is 0 Å². The molecular formula is C9H12BrN. The number of nitrogens with one attached hydrogen (secondary N) is 1. The van der Waals surface area contributed by atoms with E-state index in [-0.39, 0.29) is 0 Å². The minimum Gasteiger partial charge on any atom is -0.388 e. The Morgan fingerprint density at radius 1 is 1.45 bits per heavy atom. The van der Waals surface area contributed by atoms with Crippen LogP contribution in [0.15, 0.2) is 22.7 Å². The lowest BCUT2D eigenvalue weighted by atomic mass is 10.1. The van der Waals surface area contributed by atoms with Crippen LogP contribution in [-0.2, 0) is 6.42 Å². The Bertz CT molecular complexity index is 245. The second-order valence-corrected chi connectivity index (χ2v) is 3.32. The average molecular weight is 214 g/mol. The van der Waals surface area contributed by atoms with Crippen LogP contribution >= 0.6 is 15.9 Å². The molecule has 1 rings (SSSR count). The summed E-state index contributed by atoms with van der Waals surface area (Å²) in [5, 5.41) is 3.15. The first-order chi connectivity index (χ1) is 5.27. The number of benzene rings is 1. The van der Waals surface area contributed by atoms with Crippen LogP contribution in [0.5, 0.6) is 0 Å². The maximum Gasteiger partial charge on any atom is 0.0370 e. The fraction of sp³-hybridized carbons (Fsp3) is 0.333. The van der Waals surface area contributed by atoms with E-state index in [9.17, 15) is 0 Å². The molecule has 0 saturated heterocycles. The Kier molecular flexibility index (Phi) is 2.94. The highest BCUT2D eigenvalue weighted by Gasteiger charge is 1.97. The summed E-state index contributed by atoms with van der Waals surface area (Å²) in [5.74, 6) is 0. The minimum absolute atomic E-state index is 1.07. The summed E-state index contributed by atoms with van der Waals surface area (Å²) >= 11 is 3.44. The molecule has 1 aromatic carbocycles. The van der Waals surface area contributed by atoms with E-state index in [2.05, 4.69) is 40.3 Å². The number of halogens is 1. The first-order valence-corrected chi connectivity index (χ1v) is 4.53. The standard InChI is InChI=1S/C9H12BrN/c1-3-7-6-8(10)4-5-9(7)11-2/h4-6,11H,3H2,1-2H3. The van der Waals surface area contributed by atoms with Crippen molar-refractivity contribution >= 4 is 21.6 Å². The Labute approximate surface area is 75.9 Å². The van der Waals surface area contributed by atoms with Gasteiger partial charge in [0, 0.05) is 17.2 Å². The molecule has 0 spiro atoms. The zero-order chi connectivity index (χ0) is 8.27. The van der Waals surface area contributed by atoms with Gasteiger partial charge in [0.25, 0.3) is 0 Å².